The second kappa shape index (κ2) is 9.30. The van der Waals surface area contributed by atoms with Crippen LogP contribution in [0.15, 0.2) is 40.9 Å². The first-order valence-electron chi connectivity index (χ1n) is 11.2. The van der Waals surface area contributed by atoms with Crippen LogP contribution in [0.3, 0.4) is 0 Å². The first-order valence-corrected chi connectivity index (χ1v) is 13.6. The van der Waals surface area contributed by atoms with Crippen LogP contribution in [0.2, 0.25) is 0 Å². The van der Waals surface area contributed by atoms with E-state index in [1.807, 2.05) is 4.90 Å². The van der Waals surface area contributed by atoms with E-state index in [0.29, 0.717) is 17.7 Å². The average Bonchev–Trinajstić information content (AvgIpc) is 3.48. The molecule has 5 rings (SSSR count). The molecule has 14 heteroatoms. The second-order valence-electron chi connectivity index (χ2n) is 8.81. The summed E-state index contributed by atoms with van der Waals surface area (Å²) in [4.78, 5) is 5.21. The van der Waals surface area contributed by atoms with Gasteiger partial charge in [-0.2, -0.15) is 18.3 Å². The largest absolute Gasteiger partial charge is 0.493 e. The van der Waals surface area contributed by atoms with Crippen LogP contribution in [0.1, 0.15) is 42.6 Å². The zero-order valence-corrected chi connectivity index (χ0v) is 20.7. The van der Waals surface area contributed by atoms with Gasteiger partial charge in [-0.05, 0) is 25.0 Å². The van der Waals surface area contributed by atoms with Gasteiger partial charge >= 0.3 is 6.18 Å². The molecule has 194 valence electrons. The highest BCUT2D eigenvalue weighted by atomic mass is 32.2. The number of rotatable bonds is 5. The third-order valence-corrected chi connectivity index (χ3v) is 8.89. The number of nitrogens with one attached hydrogen (secondary N) is 1. The Morgan fingerprint density at radius 2 is 2.00 bits per heavy atom. The standard InChI is InChI=1S/C22H23F4N5O3S2/c1-30-17(2-5-28-30)18-10-13(22(24,25)26)3-7-31(18)16-4-8-34-19-12-20(15(23)11-14(16)19)36(32,33)29-21-27-6-9-35-21/h2,5-6,9,11-13,16,18H,3-4,7-8,10H2,1H3,(H,27,29)/t13-,16-,18+/m0/s1. The monoisotopic (exact) mass is 545 g/mol. The Hall–Kier alpha value is -2.71. The van der Waals surface area contributed by atoms with Gasteiger partial charge in [0.1, 0.15) is 16.5 Å². The van der Waals surface area contributed by atoms with Crippen LogP contribution in [-0.4, -0.2) is 47.4 Å². The lowest BCUT2D eigenvalue weighted by Gasteiger charge is -2.45. The van der Waals surface area contributed by atoms with Gasteiger partial charge < -0.3 is 4.74 Å². The van der Waals surface area contributed by atoms with Crippen molar-refractivity contribution >= 4 is 26.5 Å². The van der Waals surface area contributed by atoms with Crippen molar-refractivity contribution in [1.29, 1.82) is 0 Å². The van der Waals surface area contributed by atoms with E-state index in [2.05, 4.69) is 14.8 Å². The van der Waals surface area contributed by atoms with Crippen LogP contribution >= 0.6 is 11.3 Å². The molecule has 0 spiro atoms. The number of fused-ring (bicyclic) bond motifs is 1. The number of ether oxygens (including phenoxy) is 1. The number of nitrogens with zero attached hydrogens (tertiary/aromatic N) is 4. The number of aromatic nitrogens is 3. The molecule has 2 aliphatic rings. The lowest BCUT2D eigenvalue weighted by molar-refractivity contribution is -0.192. The maximum Gasteiger partial charge on any atom is 0.391 e. The molecule has 2 aromatic heterocycles. The molecular weight excluding hydrogens is 522 g/mol. The van der Waals surface area contributed by atoms with Crippen molar-refractivity contribution in [3.63, 3.8) is 0 Å². The van der Waals surface area contributed by atoms with Crippen LogP contribution in [0.25, 0.3) is 0 Å². The van der Waals surface area contributed by atoms with Gasteiger partial charge in [0.25, 0.3) is 10.0 Å². The number of piperidine rings is 1. The molecule has 0 radical (unpaired) electrons. The summed E-state index contributed by atoms with van der Waals surface area (Å²) < 4.78 is 91.2. The van der Waals surface area contributed by atoms with E-state index in [9.17, 15) is 21.6 Å². The zero-order chi connectivity index (χ0) is 25.7. The highest BCUT2D eigenvalue weighted by molar-refractivity contribution is 7.93. The summed E-state index contributed by atoms with van der Waals surface area (Å²) >= 11 is 1.05. The first-order chi connectivity index (χ1) is 17.0. The number of hydrogen-bond acceptors (Lipinski definition) is 7. The fraction of sp³-hybridized carbons (Fsp3) is 0.455. The zero-order valence-electron chi connectivity index (χ0n) is 19.1. The Morgan fingerprint density at radius 1 is 1.19 bits per heavy atom. The topological polar surface area (TPSA) is 89.4 Å². The van der Waals surface area contributed by atoms with Crippen molar-refractivity contribution < 1.29 is 30.7 Å². The number of hydrogen-bond donors (Lipinski definition) is 1. The van der Waals surface area contributed by atoms with Crippen LogP contribution in [0.4, 0.5) is 22.7 Å². The van der Waals surface area contributed by atoms with Gasteiger partial charge in [-0.25, -0.2) is 17.8 Å². The average molecular weight is 546 g/mol. The Labute approximate surface area is 208 Å². The van der Waals surface area contributed by atoms with Crippen molar-refractivity contribution in [1.82, 2.24) is 19.7 Å². The molecule has 1 N–H and O–H groups in total. The molecule has 4 heterocycles. The fourth-order valence-electron chi connectivity index (χ4n) is 5.02. The highest BCUT2D eigenvalue weighted by Gasteiger charge is 2.47. The third kappa shape index (κ3) is 4.68. The summed E-state index contributed by atoms with van der Waals surface area (Å²) in [5.41, 5.74) is 1.04. The molecule has 3 atom stereocenters. The summed E-state index contributed by atoms with van der Waals surface area (Å²) in [5, 5.41) is 5.81. The van der Waals surface area contributed by atoms with Gasteiger partial charge in [-0.15, -0.1) is 11.3 Å². The van der Waals surface area contributed by atoms with Crippen molar-refractivity contribution in [2.24, 2.45) is 13.0 Å². The smallest absolute Gasteiger partial charge is 0.391 e. The number of alkyl halides is 3. The predicted molar refractivity (Wildman–Crippen MR) is 124 cm³/mol. The van der Waals surface area contributed by atoms with Gasteiger partial charge in [-0.1, -0.05) is 0 Å². The molecule has 0 bridgehead atoms. The van der Waals surface area contributed by atoms with Crippen LogP contribution in [-0.2, 0) is 17.1 Å². The van der Waals surface area contributed by atoms with Crippen molar-refractivity contribution in [2.45, 2.75) is 42.4 Å². The Bertz CT molecular complexity index is 1340. The molecule has 1 fully saturated rings. The number of sulfonamides is 1. The minimum atomic E-state index is -4.32. The summed E-state index contributed by atoms with van der Waals surface area (Å²) in [6.45, 7) is 0.345. The molecule has 0 aliphatic carbocycles. The van der Waals surface area contributed by atoms with Crippen molar-refractivity contribution in [3.8, 4) is 5.75 Å². The van der Waals surface area contributed by atoms with Crippen LogP contribution < -0.4 is 9.46 Å². The normalized spacial score (nSPS) is 23.2. The van der Waals surface area contributed by atoms with E-state index in [0.717, 1.165) is 23.5 Å². The van der Waals surface area contributed by atoms with E-state index in [1.165, 1.54) is 12.4 Å². The molecule has 36 heavy (non-hydrogen) atoms. The molecule has 1 saturated heterocycles. The number of thiazole rings is 1. The van der Waals surface area contributed by atoms with Crippen LogP contribution in [0, 0.1) is 11.7 Å². The predicted octanol–water partition coefficient (Wildman–Crippen LogP) is 4.66. The highest BCUT2D eigenvalue weighted by Crippen LogP contribution is 2.48. The van der Waals surface area contributed by atoms with Gasteiger partial charge in [0.15, 0.2) is 5.13 Å². The van der Waals surface area contributed by atoms with E-state index in [-0.39, 0.29) is 36.9 Å². The summed E-state index contributed by atoms with van der Waals surface area (Å²) in [5.74, 6) is -2.25. The van der Waals surface area contributed by atoms with Gasteiger partial charge in [0.2, 0.25) is 0 Å². The van der Waals surface area contributed by atoms with Gasteiger partial charge in [0.05, 0.1) is 24.3 Å². The molecule has 0 unspecified atom stereocenters. The summed E-state index contributed by atoms with van der Waals surface area (Å²) in [6.07, 6.45) is -1.19. The fourth-order valence-corrected chi connectivity index (χ4v) is 6.89. The number of anilines is 1. The quantitative estimate of drug-likeness (QED) is 0.470. The maximum absolute atomic E-state index is 15.2. The van der Waals surface area contributed by atoms with E-state index in [1.54, 1.807) is 23.2 Å². The second-order valence-corrected chi connectivity index (χ2v) is 11.4. The minimum Gasteiger partial charge on any atom is -0.493 e. The van der Waals surface area contributed by atoms with Gasteiger partial charge in [-0.3, -0.25) is 14.3 Å². The Balaban J connectivity index is 1.50. The number of halogens is 4. The third-order valence-electron chi connectivity index (χ3n) is 6.72. The molecule has 1 aromatic carbocycles. The molecule has 2 aliphatic heterocycles. The number of aryl methyl sites for hydroxylation is 1. The van der Waals surface area contributed by atoms with Gasteiger partial charge in [0, 0.05) is 55.5 Å². The number of likely N-dealkylation sites (tertiary alicyclic amines) is 1. The Morgan fingerprint density at radius 3 is 2.67 bits per heavy atom. The Kier molecular flexibility index (Phi) is 6.45. The first kappa shape index (κ1) is 25.0. The molecular formula is C22H23F4N5O3S2. The molecule has 3 aromatic rings. The lowest BCUT2D eigenvalue weighted by atomic mass is 9.85. The van der Waals surface area contributed by atoms with Crippen molar-refractivity contribution in [2.75, 3.05) is 17.9 Å². The lowest BCUT2D eigenvalue weighted by Crippen LogP contribution is -2.44. The molecule has 8 nitrogen and oxygen atoms in total. The summed E-state index contributed by atoms with van der Waals surface area (Å²) in [7, 11) is -2.60. The van der Waals surface area contributed by atoms with E-state index < -0.39 is 44.9 Å². The molecule has 0 saturated carbocycles. The van der Waals surface area contributed by atoms with Crippen LogP contribution in [0.5, 0.6) is 5.75 Å². The molecule has 0 amide bonds. The number of benzene rings is 1. The summed E-state index contributed by atoms with van der Waals surface area (Å²) in [6, 6.07) is 2.88. The minimum absolute atomic E-state index is 0.0861. The SMILES string of the molecule is Cn1nccc1[C@H]1C[C@@H](C(F)(F)F)CCN1[C@H]1CCOc2cc(S(=O)(=O)Nc3nccs3)c(F)cc21. The maximum atomic E-state index is 15.2. The van der Waals surface area contributed by atoms with E-state index in [4.69, 9.17) is 4.74 Å². The van der Waals surface area contributed by atoms with Crippen molar-refractivity contribution in [3.05, 3.63) is 53.0 Å². The van der Waals surface area contributed by atoms with E-state index >= 15 is 4.39 Å².